The second-order valence-electron chi connectivity index (χ2n) is 1.74. The number of hydrogen-bond acceptors (Lipinski definition) is 1. The van der Waals surface area contributed by atoms with Gasteiger partial charge in [-0.3, -0.25) is 4.98 Å². The lowest BCUT2D eigenvalue weighted by molar-refractivity contribution is 1.11. The Bertz CT molecular complexity index is 179. The highest BCUT2D eigenvalue weighted by atomic mass is 14.7. The van der Waals surface area contributed by atoms with Gasteiger partial charge in [0, 0.05) is 18.3 Å². The van der Waals surface area contributed by atoms with Crippen LogP contribution in [0.4, 0.5) is 0 Å². The zero-order valence-electron chi connectivity index (χ0n) is 5.17. The zero-order chi connectivity index (χ0) is 6.53. The summed E-state index contributed by atoms with van der Waals surface area (Å²) in [6.45, 7) is 3.60. The van der Waals surface area contributed by atoms with Crippen LogP contribution in [0.2, 0.25) is 0 Å². The fourth-order valence-electron chi connectivity index (χ4n) is 0.617. The summed E-state index contributed by atoms with van der Waals surface area (Å²) in [4.78, 5) is 4.07. The summed E-state index contributed by atoms with van der Waals surface area (Å²) in [5.74, 6) is 0. The first-order valence-corrected chi connectivity index (χ1v) is 2.85. The van der Waals surface area contributed by atoms with Crippen LogP contribution >= 0.6 is 0 Å². The molecule has 0 atom stereocenters. The highest BCUT2D eigenvalue weighted by Gasteiger charge is 1.84. The molecular weight excluding hydrogens is 110 g/mol. The van der Waals surface area contributed by atoms with Crippen LogP contribution in [-0.4, -0.2) is 4.98 Å². The molecule has 9 heavy (non-hydrogen) atoms. The number of nitrogens with zero attached hydrogens (tertiary/aromatic N) is 1. The van der Waals surface area contributed by atoms with Crippen LogP contribution < -0.4 is 0 Å². The van der Waals surface area contributed by atoms with E-state index in [2.05, 4.69) is 17.6 Å². The molecule has 0 saturated heterocycles. The van der Waals surface area contributed by atoms with Crippen LogP contribution in [0.3, 0.4) is 0 Å². The van der Waals surface area contributed by atoms with Crippen molar-refractivity contribution in [3.05, 3.63) is 42.7 Å². The molecule has 1 heteroatoms. The van der Waals surface area contributed by atoms with Gasteiger partial charge in [0.15, 0.2) is 0 Å². The van der Waals surface area contributed by atoms with E-state index in [1.165, 1.54) is 0 Å². The Morgan fingerprint density at radius 1 is 1.78 bits per heavy atom. The SMILES string of the molecule is C=CCc1c[c]ccn1. The van der Waals surface area contributed by atoms with Gasteiger partial charge in [-0.1, -0.05) is 6.08 Å². The summed E-state index contributed by atoms with van der Waals surface area (Å²) in [5, 5.41) is 0. The first-order valence-electron chi connectivity index (χ1n) is 2.85. The summed E-state index contributed by atoms with van der Waals surface area (Å²) in [7, 11) is 0. The van der Waals surface area contributed by atoms with Crippen molar-refractivity contribution in [2.45, 2.75) is 6.42 Å². The predicted molar refractivity (Wildman–Crippen MR) is 37.0 cm³/mol. The normalized spacial score (nSPS) is 8.89. The first-order chi connectivity index (χ1) is 4.43. The Kier molecular flexibility index (Phi) is 2.02. The third kappa shape index (κ3) is 1.68. The van der Waals surface area contributed by atoms with Crippen LogP contribution in [0.15, 0.2) is 31.0 Å². The van der Waals surface area contributed by atoms with Crippen LogP contribution in [-0.2, 0) is 6.42 Å². The topological polar surface area (TPSA) is 12.9 Å². The molecule has 45 valence electrons. The first kappa shape index (κ1) is 6.02. The quantitative estimate of drug-likeness (QED) is 0.537. The number of hydrogen-bond donors (Lipinski definition) is 0. The van der Waals surface area contributed by atoms with Gasteiger partial charge in [0.2, 0.25) is 0 Å². The highest BCUT2D eigenvalue weighted by molar-refractivity contribution is 5.05. The third-order valence-electron chi connectivity index (χ3n) is 1.01. The van der Waals surface area contributed by atoms with E-state index in [-0.39, 0.29) is 0 Å². The van der Waals surface area contributed by atoms with Gasteiger partial charge in [-0.25, -0.2) is 0 Å². The molecule has 0 amide bonds. The van der Waals surface area contributed by atoms with Gasteiger partial charge in [-0.15, -0.1) is 6.58 Å². The molecule has 1 rings (SSSR count). The number of aromatic nitrogens is 1. The van der Waals surface area contributed by atoms with Gasteiger partial charge in [0.25, 0.3) is 0 Å². The van der Waals surface area contributed by atoms with Gasteiger partial charge < -0.3 is 0 Å². The van der Waals surface area contributed by atoms with Gasteiger partial charge in [0.05, 0.1) is 0 Å². The zero-order valence-corrected chi connectivity index (χ0v) is 5.17. The van der Waals surface area contributed by atoms with Crippen molar-refractivity contribution in [2.24, 2.45) is 0 Å². The van der Waals surface area contributed by atoms with Crippen molar-refractivity contribution >= 4 is 0 Å². The molecule has 1 aromatic heterocycles. The van der Waals surface area contributed by atoms with Crippen molar-refractivity contribution in [2.75, 3.05) is 0 Å². The van der Waals surface area contributed by atoms with E-state index >= 15 is 0 Å². The molecule has 0 unspecified atom stereocenters. The van der Waals surface area contributed by atoms with Crippen LogP contribution in [0, 0.1) is 6.07 Å². The van der Waals surface area contributed by atoms with E-state index in [0.717, 1.165) is 12.1 Å². The molecule has 0 aromatic carbocycles. The van der Waals surface area contributed by atoms with Crippen molar-refractivity contribution in [3.63, 3.8) is 0 Å². The van der Waals surface area contributed by atoms with E-state index in [1.807, 2.05) is 12.1 Å². The second kappa shape index (κ2) is 3.02. The third-order valence-corrected chi connectivity index (χ3v) is 1.01. The Hall–Kier alpha value is -1.11. The Balaban J connectivity index is 2.72. The molecule has 0 saturated carbocycles. The number of rotatable bonds is 2. The van der Waals surface area contributed by atoms with Gasteiger partial charge in [-0.2, -0.15) is 0 Å². The highest BCUT2D eigenvalue weighted by Crippen LogP contribution is 1.92. The molecule has 1 nitrogen and oxygen atoms in total. The summed E-state index contributed by atoms with van der Waals surface area (Å²) in [6.07, 6.45) is 4.40. The summed E-state index contributed by atoms with van der Waals surface area (Å²) >= 11 is 0. The van der Waals surface area contributed by atoms with Crippen molar-refractivity contribution in [1.82, 2.24) is 4.98 Å². The fourth-order valence-corrected chi connectivity index (χ4v) is 0.617. The van der Waals surface area contributed by atoms with Crippen molar-refractivity contribution in [3.8, 4) is 0 Å². The Morgan fingerprint density at radius 3 is 3.22 bits per heavy atom. The summed E-state index contributed by atoms with van der Waals surface area (Å²) in [6, 6.07) is 6.58. The molecule has 0 aliphatic rings. The average molecular weight is 118 g/mol. The van der Waals surface area contributed by atoms with E-state index in [4.69, 9.17) is 0 Å². The maximum absolute atomic E-state index is 4.07. The summed E-state index contributed by atoms with van der Waals surface area (Å²) in [5.41, 5.74) is 1.02. The lowest BCUT2D eigenvalue weighted by Crippen LogP contribution is -1.83. The minimum Gasteiger partial charge on any atom is -0.261 e. The molecular formula is C8H8N. The van der Waals surface area contributed by atoms with E-state index in [0.29, 0.717) is 0 Å². The molecule has 0 aliphatic carbocycles. The number of allylic oxidation sites excluding steroid dienone is 1. The van der Waals surface area contributed by atoms with E-state index in [9.17, 15) is 0 Å². The summed E-state index contributed by atoms with van der Waals surface area (Å²) < 4.78 is 0. The molecule has 1 radical (unpaired) electrons. The van der Waals surface area contributed by atoms with Crippen molar-refractivity contribution < 1.29 is 0 Å². The number of pyridine rings is 1. The van der Waals surface area contributed by atoms with Crippen LogP contribution in [0.25, 0.3) is 0 Å². The minimum atomic E-state index is 0.831. The van der Waals surface area contributed by atoms with E-state index < -0.39 is 0 Å². The molecule has 0 spiro atoms. The lowest BCUT2D eigenvalue weighted by Gasteiger charge is -1.89. The molecule has 0 aliphatic heterocycles. The largest absolute Gasteiger partial charge is 0.261 e. The standard InChI is InChI=1S/C8H8N/c1-2-5-8-6-3-4-7-9-8/h2,4,6-7H,1,5H2. The lowest BCUT2D eigenvalue weighted by atomic mass is 10.3. The predicted octanol–water partition coefficient (Wildman–Crippen LogP) is 1.61. The Labute approximate surface area is 55.1 Å². The smallest absolute Gasteiger partial charge is 0.0447 e. The van der Waals surface area contributed by atoms with Gasteiger partial charge in [-0.05, 0) is 18.2 Å². The molecule has 0 bridgehead atoms. The fraction of sp³-hybridized carbons (Fsp3) is 0.125. The average Bonchev–Trinajstić information content (AvgIpc) is 1.91. The molecule has 1 heterocycles. The Morgan fingerprint density at radius 2 is 2.67 bits per heavy atom. The van der Waals surface area contributed by atoms with E-state index in [1.54, 1.807) is 12.3 Å². The van der Waals surface area contributed by atoms with Crippen LogP contribution in [0.5, 0.6) is 0 Å². The van der Waals surface area contributed by atoms with Crippen LogP contribution in [0.1, 0.15) is 5.69 Å². The van der Waals surface area contributed by atoms with Gasteiger partial charge in [0.1, 0.15) is 0 Å². The monoisotopic (exact) mass is 118 g/mol. The maximum Gasteiger partial charge on any atom is 0.0447 e. The van der Waals surface area contributed by atoms with Crippen molar-refractivity contribution in [1.29, 1.82) is 0 Å². The minimum absolute atomic E-state index is 0.831. The molecule has 0 fully saturated rings. The maximum atomic E-state index is 4.07. The second-order valence-corrected chi connectivity index (χ2v) is 1.74. The molecule has 1 aromatic rings. The molecule has 0 N–H and O–H groups in total. The van der Waals surface area contributed by atoms with Gasteiger partial charge >= 0.3 is 0 Å².